The molecule has 1 N–H and O–H groups in total. The number of nitrogens with one attached hydrogen (secondary N) is 1. The fraction of sp³-hybridized carbons (Fsp3) is 0.667. The molecule has 1 heterocycles. The quantitative estimate of drug-likeness (QED) is 0.846. The maximum atomic E-state index is 12.0. The second kappa shape index (κ2) is 5.14. The van der Waals surface area contributed by atoms with Gasteiger partial charge >= 0.3 is 0 Å². The standard InChI is InChI=1S/C12H19N3O/c1-2-8-15-9-7-13-11(12(15)16)14-10-5-3-4-6-10/h7,9-10H,2-6,8H2,1H3,(H,13,14). The molecule has 1 saturated carbocycles. The zero-order valence-corrected chi connectivity index (χ0v) is 9.78. The number of rotatable bonds is 4. The van der Waals surface area contributed by atoms with E-state index in [1.54, 1.807) is 17.0 Å². The lowest BCUT2D eigenvalue weighted by Crippen LogP contribution is -2.27. The smallest absolute Gasteiger partial charge is 0.293 e. The van der Waals surface area contributed by atoms with E-state index >= 15 is 0 Å². The molecule has 88 valence electrons. The summed E-state index contributed by atoms with van der Waals surface area (Å²) >= 11 is 0. The van der Waals surface area contributed by atoms with Crippen molar-refractivity contribution in [1.82, 2.24) is 9.55 Å². The van der Waals surface area contributed by atoms with E-state index in [0.717, 1.165) is 25.8 Å². The summed E-state index contributed by atoms with van der Waals surface area (Å²) in [6, 6.07) is 0.442. The van der Waals surface area contributed by atoms with E-state index in [1.807, 2.05) is 0 Å². The maximum Gasteiger partial charge on any atom is 0.293 e. The van der Waals surface area contributed by atoms with Crippen molar-refractivity contribution in [2.75, 3.05) is 5.32 Å². The van der Waals surface area contributed by atoms with E-state index in [4.69, 9.17) is 0 Å². The van der Waals surface area contributed by atoms with Gasteiger partial charge in [0.15, 0.2) is 5.82 Å². The summed E-state index contributed by atoms with van der Waals surface area (Å²) in [6.07, 6.45) is 9.25. The molecule has 0 aliphatic heterocycles. The van der Waals surface area contributed by atoms with Crippen LogP contribution in [0.3, 0.4) is 0 Å². The fourth-order valence-corrected chi connectivity index (χ4v) is 2.23. The van der Waals surface area contributed by atoms with Gasteiger partial charge in [-0.2, -0.15) is 0 Å². The highest BCUT2D eigenvalue weighted by Crippen LogP contribution is 2.20. The van der Waals surface area contributed by atoms with Gasteiger partial charge in [0.25, 0.3) is 5.56 Å². The summed E-state index contributed by atoms with van der Waals surface area (Å²) in [4.78, 5) is 16.1. The van der Waals surface area contributed by atoms with Gasteiger partial charge in [0.2, 0.25) is 0 Å². The molecule has 0 saturated heterocycles. The third-order valence-corrected chi connectivity index (χ3v) is 3.07. The van der Waals surface area contributed by atoms with E-state index in [-0.39, 0.29) is 5.56 Å². The molecular weight excluding hydrogens is 202 g/mol. The molecule has 0 radical (unpaired) electrons. The van der Waals surface area contributed by atoms with Crippen molar-refractivity contribution >= 4 is 5.82 Å². The monoisotopic (exact) mass is 221 g/mol. The summed E-state index contributed by atoms with van der Waals surface area (Å²) in [7, 11) is 0. The molecule has 0 aromatic carbocycles. The van der Waals surface area contributed by atoms with Crippen molar-refractivity contribution in [1.29, 1.82) is 0 Å². The Hall–Kier alpha value is -1.32. The minimum absolute atomic E-state index is 0.0104. The molecule has 0 spiro atoms. The third kappa shape index (κ3) is 2.43. The summed E-state index contributed by atoms with van der Waals surface area (Å²) in [5.41, 5.74) is 0.0104. The van der Waals surface area contributed by atoms with Crippen LogP contribution in [0.5, 0.6) is 0 Å². The average Bonchev–Trinajstić information content (AvgIpc) is 2.77. The van der Waals surface area contributed by atoms with Crippen LogP contribution in [0.1, 0.15) is 39.0 Å². The second-order valence-corrected chi connectivity index (χ2v) is 4.40. The molecule has 1 aliphatic rings. The first-order valence-corrected chi connectivity index (χ1v) is 6.13. The third-order valence-electron chi connectivity index (χ3n) is 3.07. The number of anilines is 1. The van der Waals surface area contributed by atoms with Crippen LogP contribution in [0.15, 0.2) is 17.2 Å². The SMILES string of the molecule is CCCn1ccnc(NC2CCCC2)c1=O. The molecule has 1 fully saturated rings. The van der Waals surface area contributed by atoms with Crippen LogP contribution in [-0.2, 0) is 6.54 Å². The Morgan fingerprint density at radius 2 is 2.25 bits per heavy atom. The molecule has 4 heteroatoms. The van der Waals surface area contributed by atoms with Crippen molar-refractivity contribution < 1.29 is 0 Å². The highest BCUT2D eigenvalue weighted by molar-refractivity contribution is 5.32. The topological polar surface area (TPSA) is 46.9 Å². The van der Waals surface area contributed by atoms with Crippen LogP contribution in [0.4, 0.5) is 5.82 Å². The number of nitrogens with zero attached hydrogens (tertiary/aromatic N) is 2. The lowest BCUT2D eigenvalue weighted by Gasteiger charge is -2.13. The minimum Gasteiger partial charge on any atom is -0.363 e. The molecule has 0 bridgehead atoms. The predicted octanol–water partition coefficient (Wildman–Crippen LogP) is 2.01. The summed E-state index contributed by atoms with van der Waals surface area (Å²) in [5, 5.41) is 3.26. The maximum absolute atomic E-state index is 12.0. The van der Waals surface area contributed by atoms with Gasteiger partial charge in [-0.1, -0.05) is 19.8 Å². The van der Waals surface area contributed by atoms with Gasteiger partial charge in [-0.15, -0.1) is 0 Å². The normalized spacial score (nSPS) is 16.6. The van der Waals surface area contributed by atoms with E-state index < -0.39 is 0 Å². The molecule has 1 aliphatic carbocycles. The highest BCUT2D eigenvalue weighted by atomic mass is 16.1. The fourth-order valence-electron chi connectivity index (χ4n) is 2.23. The molecule has 1 aromatic heterocycles. The Morgan fingerprint density at radius 1 is 1.50 bits per heavy atom. The van der Waals surface area contributed by atoms with Crippen molar-refractivity contribution in [3.63, 3.8) is 0 Å². The van der Waals surface area contributed by atoms with Gasteiger partial charge in [0, 0.05) is 25.0 Å². The largest absolute Gasteiger partial charge is 0.363 e. The molecule has 0 unspecified atom stereocenters. The summed E-state index contributed by atoms with van der Waals surface area (Å²) in [5.74, 6) is 0.517. The van der Waals surface area contributed by atoms with Crippen LogP contribution < -0.4 is 10.9 Å². The number of hydrogen-bond acceptors (Lipinski definition) is 3. The van der Waals surface area contributed by atoms with Crippen molar-refractivity contribution in [2.24, 2.45) is 0 Å². The van der Waals surface area contributed by atoms with Gasteiger partial charge in [0.05, 0.1) is 0 Å². The number of hydrogen-bond donors (Lipinski definition) is 1. The van der Waals surface area contributed by atoms with Gasteiger partial charge in [-0.25, -0.2) is 4.98 Å². The Bertz CT molecular complexity index is 393. The Balaban J connectivity index is 2.13. The first-order chi connectivity index (χ1) is 7.81. The van der Waals surface area contributed by atoms with E-state index in [9.17, 15) is 4.79 Å². The van der Waals surface area contributed by atoms with Crippen LogP contribution in [0.2, 0.25) is 0 Å². The predicted molar refractivity (Wildman–Crippen MR) is 64.7 cm³/mol. The molecule has 1 aromatic rings. The lowest BCUT2D eigenvalue weighted by molar-refractivity contribution is 0.645. The zero-order chi connectivity index (χ0) is 11.4. The first kappa shape index (κ1) is 11.2. The number of aryl methyl sites for hydroxylation is 1. The summed E-state index contributed by atoms with van der Waals surface area (Å²) < 4.78 is 1.73. The minimum atomic E-state index is 0.0104. The Kier molecular flexibility index (Phi) is 3.59. The summed E-state index contributed by atoms with van der Waals surface area (Å²) in [6.45, 7) is 2.83. The van der Waals surface area contributed by atoms with Gasteiger partial charge in [0.1, 0.15) is 0 Å². The van der Waals surface area contributed by atoms with Crippen LogP contribution in [0, 0.1) is 0 Å². The molecule has 0 amide bonds. The van der Waals surface area contributed by atoms with Crippen LogP contribution >= 0.6 is 0 Å². The average molecular weight is 221 g/mol. The first-order valence-electron chi connectivity index (χ1n) is 6.13. The second-order valence-electron chi connectivity index (χ2n) is 4.40. The lowest BCUT2D eigenvalue weighted by atomic mass is 10.2. The van der Waals surface area contributed by atoms with Gasteiger partial charge < -0.3 is 9.88 Å². The number of aromatic nitrogens is 2. The Morgan fingerprint density at radius 3 is 2.94 bits per heavy atom. The molecule has 0 atom stereocenters. The molecule has 4 nitrogen and oxygen atoms in total. The van der Waals surface area contributed by atoms with Crippen molar-refractivity contribution in [2.45, 2.75) is 51.6 Å². The van der Waals surface area contributed by atoms with Crippen LogP contribution in [-0.4, -0.2) is 15.6 Å². The zero-order valence-electron chi connectivity index (χ0n) is 9.78. The van der Waals surface area contributed by atoms with Crippen molar-refractivity contribution in [3.05, 3.63) is 22.7 Å². The van der Waals surface area contributed by atoms with E-state index in [2.05, 4.69) is 17.2 Å². The highest BCUT2D eigenvalue weighted by Gasteiger charge is 2.16. The van der Waals surface area contributed by atoms with Gasteiger partial charge in [-0.3, -0.25) is 4.79 Å². The van der Waals surface area contributed by atoms with Gasteiger partial charge in [-0.05, 0) is 19.3 Å². The van der Waals surface area contributed by atoms with Crippen LogP contribution in [0.25, 0.3) is 0 Å². The molecule has 2 rings (SSSR count). The molecular formula is C12H19N3O. The van der Waals surface area contributed by atoms with E-state index in [0.29, 0.717) is 11.9 Å². The van der Waals surface area contributed by atoms with Crippen molar-refractivity contribution in [3.8, 4) is 0 Å². The Labute approximate surface area is 95.7 Å². The molecule has 16 heavy (non-hydrogen) atoms. The van der Waals surface area contributed by atoms with E-state index in [1.165, 1.54) is 12.8 Å².